The Morgan fingerprint density at radius 1 is 1.27 bits per heavy atom. The van der Waals surface area contributed by atoms with Gasteiger partial charge in [0.15, 0.2) is 0 Å². The molecule has 0 N–H and O–H groups in total. The molecule has 194 valence electrons. The number of amides is 1. The summed E-state index contributed by atoms with van der Waals surface area (Å²) in [5.74, 6) is 6.89. The molecule has 1 amide bonds. The van der Waals surface area contributed by atoms with Crippen molar-refractivity contribution in [3.8, 4) is 28.7 Å². The van der Waals surface area contributed by atoms with Crippen LogP contribution >= 0.6 is 11.3 Å². The van der Waals surface area contributed by atoms with E-state index in [-0.39, 0.29) is 57.3 Å². The molecule has 3 aromatic heterocycles. The summed E-state index contributed by atoms with van der Waals surface area (Å²) < 4.78 is 36.3. The Morgan fingerprint density at radius 2 is 2.08 bits per heavy atom. The molecular formula is C24H19F2N5NiO4S. The average Bonchev–Trinajstić information content (AvgIpc) is 3.59. The van der Waals surface area contributed by atoms with Gasteiger partial charge in [-0.05, 0) is 24.5 Å². The number of rotatable bonds is 5. The second-order valence-electron chi connectivity index (χ2n) is 7.64. The number of hydrogen-bond acceptors (Lipinski definition) is 9. The normalized spacial score (nSPS) is 14.6. The Labute approximate surface area is 225 Å². The number of aromatic nitrogens is 4. The first-order valence-corrected chi connectivity index (χ1v) is 11.6. The largest absolute Gasteiger partial charge is 2.00 e. The van der Waals surface area contributed by atoms with Gasteiger partial charge >= 0.3 is 16.5 Å². The van der Waals surface area contributed by atoms with Crippen LogP contribution in [0.5, 0.6) is 5.75 Å². The summed E-state index contributed by atoms with van der Waals surface area (Å²) in [5, 5.41) is 8.10. The molecule has 4 heterocycles. The number of nitrogens with zero attached hydrogens (tertiary/aromatic N) is 5. The SMILES string of the molecule is C(#CC1CC1)c1nn[c-]s1.COc1cnc(C(F)F)cc1-c1cc(N2CCOCC2=O)ncc1[C-]=O.[Ni+2]. The van der Waals surface area contributed by atoms with Gasteiger partial charge in [-0.25, -0.2) is 13.9 Å². The number of ether oxygens (including phenoxy) is 2. The molecule has 1 aliphatic heterocycles. The first-order chi connectivity index (χ1) is 17.5. The van der Waals surface area contributed by atoms with Gasteiger partial charge in [0, 0.05) is 10.9 Å². The van der Waals surface area contributed by atoms with Crippen LogP contribution in [-0.2, 0) is 30.8 Å². The summed E-state index contributed by atoms with van der Waals surface area (Å²) in [6.07, 6.45) is 3.86. The molecule has 0 bridgehead atoms. The van der Waals surface area contributed by atoms with E-state index < -0.39 is 12.1 Å². The minimum absolute atomic E-state index is 0. The van der Waals surface area contributed by atoms with E-state index in [1.54, 1.807) is 6.29 Å². The molecule has 13 heteroatoms. The number of morpholine rings is 1. The van der Waals surface area contributed by atoms with Crippen molar-refractivity contribution in [3.05, 3.63) is 46.3 Å². The van der Waals surface area contributed by atoms with Gasteiger partial charge in [-0.1, -0.05) is 17.8 Å². The molecule has 5 rings (SSSR count). The van der Waals surface area contributed by atoms with Crippen molar-refractivity contribution in [1.29, 1.82) is 0 Å². The summed E-state index contributed by atoms with van der Waals surface area (Å²) >= 11 is 1.37. The monoisotopic (exact) mass is 569 g/mol. The molecule has 3 aromatic rings. The van der Waals surface area contributed by atoms with Crippen molar-refractivity contribution < 1.29 is 44.3 Å². The van der Waals surface area contributed by atoms with E-state index in [1.807, 2.05) is 0 Å². The molecule has 1 saturated heterocycles. The summed E-state index contributed by atoms with van der Waals surface area (Å²) in [6.45, 7) is 0.566. The molecule has 2 fully saturated rings. The van der Waals surface area contributed by atoms with Gasteiger partial charge in [-0.3, -0.25) is 19.8 Å². The number of hydrogen-bond donors (Lipinski definition) is 0. The maximum absolute atomic E-state index is 13.0. The van der Waals surface area contributed by atoms with Crippen molar-refractivity contribution in [2.24, 2.45) is 5.92 Å². The summed E-state index contributed by atoms with van der Waals surface area (Å²) in [5.41, 5.74) is 2.75. The number of halogens is 2. The van der Waals surface area contributed by atoms with Gasteiger partial charge in [0.25, 0.3) is 12.3 Å². The second-order valence-corrected chi connectivity index (χ2v) is 8.41. The molecule has 2 aliphatic rings. The number of pyridine rings is 2. The summed E-state index contributed by atoms with van der Waals surface area (Å²) in [6, 6.07) is 2.61. The maximum atomic E-state index is 13.0. The average molecular weight is 570 g/mol. The van der Waals surface area contributed by atoms with Crippen molar-refractivity contribution in [1.82, 2.24) is 20.2 Å². The van der Waals surface area contributed by atoms with E-state index in [0.29, 0.717) is 19.1 Å². The summed E-state index contributed by atoms with van der Waals surface area (Å²) in [7, 11) is 1.36. The fraction of sp³-hybridized carbons (Fsp3) is 0.333. The first kappa shape index (κ1) is 28.2. The molecule has 0 unspecified atom stereocenters. The van der Waals surface area contributed by atoms with E-state index in [1.165, 1.54) is 48.5 Å². The van der Waals surface area contributed by atoms with Crippen molar-refractivity contribution in [3.63, 3.8) is 0 Å². The topological polar surface area (TPSA) is 107 Å². The zero-order valence-corrected chi connectivity index (χ0v) is 21.2. The fourth-order valence-corrected chi connectivity index (χ4v) is 3.56. The zero-order chi connectivity index (χ0) is 25.5. The van der Waals surface area contributed by atoms with Crippen LogP contribution in [0.15, 0.2) is 24.5 Å². The van der Waals surface area contributed by atoms with Crippen LogP contribution in [0.3, 0.4) is 0 Å². The molecule has 0 aromatic carbocycles. The Morgan fingerprint density at radius 3 is 2.70 bits per heavy atom. The van der Waals surface area contributed by atoms with Crippen LogP contribution in [0.2, 0.25) is 0 Å². The molecule has 1 saturated carbocycles. The fourth-order valence-electron chi connectivity index (χ4n) is 3.20. The smallest absolute Gasteiger partial charge is 0.496 e. The van der Waals surface area contributed by atoms with Gasteiger partial charge in [-0.2, -0.15) is 0 Å². The third kappa shape index (κ3) is 7.35. The predicted octanol–water partition coefficient (Wildman–Crippen LogP) is 3.01. The minimum Gasteiger partial charge on any atom is -0.496 e. The van der Waals surface area contributed by atoms with Crippen molar-refractivity contribution in [2.45, 2.75) is 19.3 Å². The predicted molar refractivity (Wildman–Crippen MR) is 125 cm³/mol. The van der Waals surface area contributed by atoms with Crippen LogP contribution in [0.4, 0.5) is 14.6 Å². The number of carbonyl (C=O) groups excluding carboxylic acids is 2. The van der Waals surface area contributed by atoms with E-state index in [4.69, 9.17) is 9.47 Å². The van der Waals surface area contributed by atoms with E-state index in [2.05, 4.69) is 37.5 Å². The van der Waals surface area contributed by atoms with Gasteiger partial charge < -0.3 is 30.6 Å². The number of methoxy groups -OCH3 is 1. The van der Waals surface area contributed by atoms with Crippen LogP contribution < -0.4 is 9.64 Å². The number of alkyl halides is 2. The Bertz CT molecular complexity index is 1300. The van der Waals surface area contributed by atoms with Crippen LogP contribution in [0.1, 0.15) is 35.5 Å². The second kappa shape index (κ2) is 13.3. The molecule has 1 aliphatic carbocycles. The molecule has 9 nitrogen and oxygen atoms in total. The zero-order valence-electron chi connectivity index (χ0n) is 19.3. The first-order valence-electron chi connectivity index (χ1n) is 10.8. The minimum atomic E-state index is -2.79. The standard InChI is InChI=1S/C17H14F2N3O4.C7H5N2S.Ni/c1-25-14-7-20-13(17(18)19)4-12(14)11-5-15(21-6-10(11)8-23)22-2-3-26-9-16(22)24;1-2-6(1)3-4-7-9-8-5-10-7;/h4-7,17H,2-3,9H2,1H3;6H,1-2H2;/q2*-1;+2. The molecular weight excluding hydrogens is 551 g/mol. The van der Waals surface area contributed by atoms with Gasteiger partial charge in [0.2, 0.25) is 0 Å². The van der Waals surface area contributed by atoms with E-state index in [0.717, 1.165) is 17.3 Å². The van der Waals surface area contributed by atoms with E-state index >= 15 is 0 Å². The van der Waals surface area contributed by atoms with Crippen LogP contribution in [-0.4, -0.2) is 59.2 Å². The summed E-state index contributed by atoms with van der Waals surface area (Å²) in [4.78, 5) is 32.5. The quantitative estimate of drug-likeness (QED) is 0.262. The van der Waals surface area contributed by atoms with Gasteiger partial charge in [-0.15, -0.1) is 23.0 Å². The molecule has 0 radical (unpaired) electrons. The Hall–Kier alpha value is -3.33. The Kier molecular flexibility index (Phi) is 10.1. The molecule has 0 spiro atoms. The third-order valence-corrected chi connectivity index (χ3v) is 5.72. The van der Waals surface area contributed by atoms with Crippen molar-refractivity contribution in [2.75, 3.05) is 31.8 Å². The molecule has 0 atom stereocenters. The third-order valence-electron chi connectivity index (χ3n) is 5.17. The molecule has 37 heavy (non-hydrogen) atoms. The number of carbonyl (C=O) groups is 1. The van der Waals surface area contributed by atoms with Crippen molar-refractivity contribution >= 4 is 29.3 Å². The van der Waals surface area contributed by atoms with Crippen LogP contribution in [0.25, 0.3) is 11.1 Å². The van der Waals surface area contributed by atoms with Gasteiger partial charge in [0.1, 0.15) is 23.9 Å². The van der Waals surface area contributed by atoms with Gasteiger partial charge in [0.05, 0.1) is 32.7 Å². The maximum Gasteiger partial charge on any atom is 2.00 e. The number of anilines is 1. The Balaban J connectivity index is 0.000000288. The van der Waals surface area contributed by atoms with E-state index in [9.17, 15) is 18.4 Å². The van der Waals surface area contributed by atoms with Crippen LogP contribution in [0, 0.1) is 23.3 Å².